The van der Waals surface area contributed by atoms with Crippen LogP contribution in [0.15, 0.2) is 52.1 Å². The molecular weight excluding hydrogens is 325 g/mol. The second-order valence-corrected chi connectivity index (χ2v) is 5.01. The van der Waals surface area contributed by atoms with E-state index < -0.39 is 0 Å². The average molecular weight is 338 g/mol. The van der Waals surface area contributed by atoms with E-state index in [2.05, 4.69) is 21.1 Å². The Hall–Kier alpha value is -2.08. The highest BCUT2D eigenvalue weighted by molar-refractivity contribution is 9.10. The normalized spacial score (nSPS) is 11.4. The summed E-state index contributed by atoms with van der Waals surface area (Å²) in [6, 6.07) is 11.6. The first-order chi connectivity index (χ1) is 9.54. The standard InChI is InChI=1S/C14H13BrFN3O/c1-19(10-7-5-9(16)6-8-10)12-4-2-3-11(15)13(12)14(17)18-20/h2-8,20H,1H3,(H2,17,18). The van der Waals surface area contributed by atoms with Gasteiger partial charge in [-0.25, -0.2) is 4.39 Å². The van der Waals surface area contributed by atoms with Crippen molar-refractivity contribution in [2.24, 2.45) is 10.9 Å². The number of anilines is 2. The van der Waals surface area contributed by atoms with Crippen molar-refractivity contribution < 1.29 is 9.60 Å². The molecule has 2 rings (SSSR count). The van der Waals surface area contributed by atoms with E-state index in [9.17, 15) is 4.39 Å². The third-order valence-electron chi connectivity index (χ3n) is 2.93. The van der Waals surface area contributed by atoms with Crippen molar-refractivity contribution >= 4 is 33.1 Å². The molecule has 0 saturated carbocycles. The Bertz CT molecular complexity index is 643. The minimum absolute atomic E-state index is 0.00133. The molecule has 6 heteroatoms. The summed E-state index contributed by atoms with van der Waals surface area (Å²) in [4.78, 5) is 1.83. The van der Waals surface area contributed by atoms with E-state index >= 15 is 0 Å². The number of benzene rings is 2. The topological polar surface area (TPSA) is 61.8 Å². The Kier molecular flexibility index (Phi) is 4.24. The SMILES string of the molecule is CN(c1ccc(F)cc1)c1cccc(Br)c1/C(N)=N/O. The summed E-state index contributed by atoms with van der Waals surface area (Å²) in [5.74, 6) is -0.297. The molecule has 0 radical (unpaired) electrons. The fraction of sp³-hybridized carbons (Fsp3) is 0.0714. The summed E-state index contributed by atoms with van der Waals surface area (Å²) >= 11 is 3.38. The second kappa shape index (κ2) is 5.92. The smallest absolute Gasteiger partial charge is 0.173 e. The summed E-state index contributed by atoms with van der Waals surface area (Å²) < 4.78 is 13.7. The Morgan fingerprint density at radius 3 is 2.50 bits per heavy atom. The molecule has 0 aromatic heterocycles. The van der Waals surface area contributed by atoms with Crippen LogP contribution in [0.3, 0.4) is 0 Å². The van der Waals surface area contributed by atoms with Crippen LogP contribution in [0.2, 0.25) is 0 Å². The number of halogens is 2. The van der Waals surface area contributed by atoms with Crippen molar-refractivity contribution in [2.45, 2.75) is 0 Å². The quantitative estimate of drug-likeness (QED) is 0.390. The van der Waals surface area contributed by atoms with Crippen LogP contribution in [0.5, 0.6) is 0 Å². The van der Waals surface area contributed by atoms with Crippen molar-refractivity contribution in [3.05, 3.63) is 58.3 Å². The Morgan fingerprint density at radius 1 is 1.25 bits per heavy atom. The Morgan fingerprint density at radius 2 is 1.90 bits per heavy atom. The maximum atomic E-state index is 13.0. The van der Waals surface area contributed by atoms with Crippen LogP contribution in [0.25, 0.3) is 0 Å². The molecule has 0 fully saturated rings. The highest BCUT2D eigenvalue weighted by Gasteiger charge is 2.15. The molecule has 2 aromatic carbocycles. The molecule has 0 unspecified atom stereocenters. The lowest BCUT2D eigenvalue weighted by atomic mass is 10.1. The number of amidine groups is 1. The van der Waals surface area contributed by atoms with Gasteiger partial charge in [0.25, 0.3) is 0 Å². The van der Waals surface area contributed by atoms with Crippen LogP contribution in [0, 0.1) is 5.82 Å². The predicted octanol–water partition coefficient (Wildman–Crippen LogP) is 3.45. The molecule has 0 atom stereocenters. The van der Waals surface area contributed by atoms with Crippen molar-refractivity contribution in [2.75, 3.05) is 11.9 Å². The van der Waals surface area contributed by atoms with E-state index in [1.54, 1.807) is 18.2 Å². The molecule has 0 bridgehead atoms. The number of nitrogens with two attached hydrogens (primary N) is 1. The molecule has 0 heterocycles. The van der Waals surface area contributed by atoms with E-state index in [0.29, 0.717) is 10.0 Å². The summed E-state index contributed by atoms with van der Waals surface area (Å²) in [6.07, 6.45) is 0. The summed E-state index contributed by atoms with van der Waals surface area (Å²) in [5, 5.41) is 11.9. The molecule has 20 heavy (non-hydrogen) atoms. The van der Waals surface area contributed by atoms with Crippen molar-refractivity contribution in [1.82, 2.24) is 0 Å². The van der Waals surface area contributed by atoms with E-state index in [1.165, 1.54) is 12.1 Å². The Labute approximate surface area is 124 Å². The van der Waals surface area contributed by atoms with Gasteiger partial charge in [-0.2, -0.15) is 0 Å². The average Bonchev–Trinajstić information content (AvgIpc) is 2.46. The highest BCUT2D eigenvalue weighted by atomic mass is 79.9. The van der Waals surface area contributed by atoms with E-state index in [4.69, 9.17) is 10.9 Å². The van der Waals surface area contributed by atoms with Gasteiger partial charge in [-0.05, 0) is 52.3 Å². The molecule has 0 spiro atoms. The molecule has 2 aromatic rings. The fourth-order valence-electron chi connectivity index (χ4n) is 1.90. The van der Waals surface area contributed by atoms with E-state index in [1.807, 2.05) is 24.1 Å². The zero-order chi connectivity index (χ0) is 14.7. The monoisotopic (exact) mass is 337 g/mol. The second-order valence-electron chi connectivity index (χ2n) is 4.15. The van der Waals surface area contributed by atoms with Gasteiger partial charge >= 0.3 is 0 Å². The molecule has 3 N–H and O–H groups in total. The van der Waals surface area contributed by atoms with Crippen molar-refractivity contribution in [3.8, 4) is 0 Å². The van der Waals surface area contributed by atoms with Crippen LogP contribution < -0.4 is 10.6 Å². The van der Waals surface area contributed by atoms with Crippen LogP contribution in [0.1, 0.15) is 5.56 Å². The molecule has 4 nitrogen and oxygen atoms in total. The zero-order valence-electron chi connectivity index (χ0n) is 10.7. The molecule has 0 saturated heterocycles. The molecule has 0 aliphatic heterocycles. The molecule has 104 valence electrons. The molecular formula is C14H13BrFN3O. The minimum atomic E-state index is -0.298. The first-order valence-electron chi connectivity index (χ1n) is 5.80. The maximum Gasteiger partial charge on any atom is 0.173 e. The van der Waals surface area contributed by atoms with Gasteiger partial charge in [0.05, 0.1) is 11.3 Å². The molecule has 0 amide bonds. The number of hydrogen-bond acceptors (Lipinski definition) is 3. The lowest BCUT2D eigenvalue weighted by molar-refractivity contribution is 0.318. The van der Waals surface area contributed by atoms with Gasteiger partial charge < -0.3 is 15.8 Å². The van der Waals surface area contributed by atoms with Gasteiger partial charge in [-0.15, -0.1) is 0 Å². The zero-order valence-corrected chi connectivity index (χ0v) is 12.3. The summed E-state index contributed by atoms with van der Waals surface area (Å²) in [7, 11) is 1.82. The largest absolute Gasteiger partial charge is 0.409 e. The minimum Gasteiger partial charge on any atom is -0.409 e. The van der Waals surface area contributed by atoms with Crippen molar-refractivity contribution in [1.29, 1.82) is 0 Å². The lowest BCUT2D eigenvalue weighted by Crippen LogP contribution is -2.20. The first-order valence-corrected chi connectivity index (χ1v) is 6.59. The van der Waals surface area contributed by atoms with Crippen LogP contribution in [-0.2, 0) is 0 Å². The predicted molar refractivity (Wildman–Crippen MR) is 81.1 cm³/mol. The summed E-state index contributed by atoms with van der Waals surface area (Å²) in [5.41, 5.74) is 7.82. The maximum absolute atomic E-state index is 13.0. The fourth-order valence-corrected chi connectivity index (χ4v) is 2.46. The van der Waals surface area contributed by atoms with Gasteiger partial charge in [0.15, 0.2) is 5.84 Å². The molecule has 0 aliphatic carbocycles. The first kappa shape index (κ1) is 14.3. The van der Waals surface area contributed by atoms with Crippen LogP contribution >= 0.6 is 15.9 Å². The number of nitrogens with zero attached hydrogens (tertiary/aromatic N) is 2. The summed E-state index contributed by atoms with van der Waals surface area (Å²) in [6.45, 7) is 0. The molecule has 0 aliphatic rings. The van der Waals surface area contributed by atoms with Gasteiger partial charge in [0, 0.05) is 17.2 Å². The number of rotatable bonds is 3. The number of oxime groups is 1. The Balaban J connectivity index is 2.52. The van der Waals surface area contributed by atoms with Crippen molar-refractivity contribution in [3.63, 3.8) is 0 Å². The van der Waals surface area contributed by atoms with E-state index in [-0.39, 0.29) is 11.7 Å². The van der Waals surface area contributed by atoms with Crippen LogP contribution in [0.4, 0.5) is 15.8 Å². The van der Waals surface area contributed by atoms with Gasteiger partial charge in [0.1, 0.15) is 5.82 Å². The van der Waals surface area contributed by atoms with E-state index in [0.717, 1.165) is 11.4 Å². The van der Waals surface area contributed by atoms with Gasteiger partial charge in [0.2, 0.25) is 0 Å². The third-order valence-corrected chi connectivity index (χ3v) is 3.59. The van der Waals surface area contributed by atoms with Crippen LogP contribution in [-0.4, -0.2) is 18.1 Å². The third kappa shape index (κ3) is 2.75. The van der Waals surface area contributed by atoms with Gasteiger partial charge in [-0.1, -0.05) is 11.2 Å². The van der Waals surface area contributed by atoms with Gasteiger partial charge in [-0.3, -0.25) is 0 Å². The lowest BCUT2D eigenvalue weighted by Gasteiger charge is -2.23. The number of hydrogen-bond donors (Lipinski definition) is 2. The highest BCUT2D eigenvalue weighted by Crippen LogP contribution is 2.31.